The molecule has 0 aromatic heterocycles. The second kappa shape index (κ2) is 7.49. The highest BCUT2D eigenvalue weighted by molar-refractivity contribution is 7.90. The lowest BCUT2D eigenvalue weighted by Crippen LogP contribution is -2.26. The van der Waals surface area contributed by atoms with Crippen molar-refractivity contribution in [2.45, 2.75) is 22.7 Å². The van der Waals surface area contributed by atoms with Crippen LogP contribution in [0.25, 0.3) is 0 Å². The van der Waals surface area contributed by atoms with Gasteiger partial charge in [0.25, 0.3) is 0 Å². The Hall–Kier alpha value is -2.11. The van der Waals surface area contributed by atoms with E-state index >= 15 is 0 Å². The molecule has 0 aliphatic heterocycles. The lowest BCUT2D eigenvalue weighted by atomic mass is 10.2. The fourth-order valence-corrected chi connectivity index (χ4v) is 3.97. The zero-order valence-corrected chi connectivity index (χ0v) is 15.9. The zero-order valence-electron chi connectivity index (χ0n) is 14.3. The van der Waals surface area contributed by atoms with Crippen molar-refractivity contribution in [3.8, 4) is 5.75 Å². The van der Waals surface area contributed by atoms with Gasteiger partial charge in [-0.15, -0.1) is 13.2 Å². The summed E-state index contributed by atoms with van der Waals surface area (Å²) in [6.45, 7) is -0.0948. The first-order valence-electron chi connectivity index (χ1n) is 7.40. The van der Waals surface area contributed by atoms with E-state index < -0.39 is 32.0 Å². The summed E-state index contributed by atoms with van der Waals surface area (Å²) in [6.07, 6.45) is -3.80. The molecule has 0 fully saturated rings. The molecule has 11 heteroatoms. The van der Waals surface area contributed by atoms with Gasteiger partial charge in [0.1, 0.15) is 5.75 Å². The topological polar surface area (TPSA) is 80.8 Å². The first-order valence-corrected chi connectivity index (χ1v) is 10.7. The van der Waals surface area contributed by atoms with E-state index in [4.69, 9.17) is 0 Å². The summed E-state index contributed by atoms with van der Waals surface area (Å²) in [4.78, 5) is -0.112. The predicted octanol–water partition coefficient (Wildman–Crippen LogP) is 2.81. The van der Waals surface area contributed by atoms with Gasteiger partial charge in [-0.05, 0) is 42.0 Å². The van der Waals surface area contributed by atoms with Gasteiger partial charge in [-0.1, -0.05) is 12.1 Å². The van der Waals surface area contributed by atoms with Crippen LogP contribution in [0, 0.1) is 0 Å². The molecule has 0 aliphatic carbocycles. The van der Waals surface area contributed by atoms with Crippen LogP contribution in [0.4, 0.5) is 13.2 Å². The maximum Gasteiger partial charge on any atom is 0.573 e. The second-order valence-electron chi connectivity index (χ2n) is 5.70. The summed E-state index contributed by atoms with van der Waals surface area (Å²) >= 11 is 0. The SMILES string of the molecule is CN(Cc1ccc(OC(F)(F)F)cc1)S(=O)(=O)c1ccc(S(C)(=O)=O)cc1. The summed E-state index contributed by atoms with van der Waals surface area (Å²) in [6, 6.07) is 9.57. The maximum absolute atomic E-state index is 12.6. The Balaban J connectivity index is 2.15. The van der Waals surface area contributed by atoms with Crippen LogP contribution < -0.4 is 4.74 Å². The Morgan fingerprint density at radius 2 is 1.37 bits per heavy atom. The Morgan fingerprint density at radius 1 is 0.889 bits per heavy atom. The monoisotopic (exact) mass is 423 g/mol. The molecule has 2 aromatic carbocycles. The molecule has 0 atom stereocenters. The van der Waals surface area contributed by atoms with Gasteiger partial charge in [-0.3, -0.25) is 0 Å². The molecule has 2 aromatic rings. The van der Waals surface area contributed by atoms with E-state index in [0.29, 0.717) is 5.56 Å². The van der Waals surface area contributed by atoms with E-state index in [1.807, 2.05) is 0 Å². The average molecular weight is 423 g/mol. The normalized spacial score (nSPS) is 13.0. The van der Waals surface area contributed by atoms with E-state index in [2.05, 4.69) is 4.74 Å². The van der Waals surface area contributed by atoms with Crippen LogP contribution in [-0.4, -0.2) is 40.8 Å². The van der Waals surface area contributed by atoms with Crippen molar-refractivity contribution in [3.05, 3.63) is 54.1 Å². The molecule has 0 spiro atoms. The molecule has 2 rings (SSSR count). The van der Waals surface area contributed by atoms with Crippen molar-refractivity contribution >= 4 is 19.9 Å². The Bertz CT molecular complexity index is 1000. The predicted molar refractivity (Wildman–Crippen MR) is 91.3 cm³/mol. The first-order chi connectivity index (χ1) is 12.3. The largest absolute Gasteiger partial charge is 0.573 e. The lowest BCUT2D eigenvalue weighted by Gasteiger charge is -2.18. The smallest absolute Gasteiger partial charge is 0.406 e. The molecule has 0 radical (unpaired) electrons. The Morgan fingerprint density at radius 3 is 1.81 bits per heavy atom. The molecule has 27 heavy (non-hydrogen) atoms. The first kappa shape index (κ1) is 21.2. The molecule has 0 unspecified atom stereocenters. The average Bonchev–Trinajstić information content (AvgIpc) is 2.54. The Labute approximate surface area is 155 Å². The van der Waals surface area contributed by atoms with E-state index in [-0.39, 0.29) is 16.3 Å². The molecule has 6 nitrogen and oxygen atoms in total. The minimum atomic E-state index is -4.81. The molecular formula is C16H16F3NO5S2. The summed E-state index contributed by atoms with van der Waals surface area (Å²) < 4.78 is 89.2. The molecule has 0 heterocycles. The molecule has 0 saturated heterocycles. The van der Waals surface area contributed by atoms with Gasteiger partial charge in [0, 0.05) is 19.8 Å². The highest BCUT2D eigenvalue weighted by Gasteiger charge is 2.31. The van der Waals surface area contributed by atoms with Crippen LogP contribution in [0.1, 0.15) is 5.56 Å². The molecule has 0 bridgehead atoms. The molecule has 0 saturated carbocycles. The van der Waals surface area contributed by atoms with Crippen LogP contribution in [0.15, 0.2) is 58.3 Å². The van der Waals surface area contributed by atoms with E-state index in [0.717, 1.165) is 22.7 Å². The number of sulfonamides is 1. The maximum atomic E-state index is 12.6. The van der Waals surface area contributed by atoms with E-state index in [1.165, 1.54) is 43.4 Å². The lowest BCUT2D eigenvalue weighted by molar-refractivity contribution is -0.274. The summed E-state index contributed by atoms with van der Waals surface area (Å²) in [5.41, 5.74) is 0.448. The van der Waals surface area contributed by atoms with Crippen LogP contribution in [0.2, 0.25) is 0 Å². The minimum Gasteiger partial charge on any atom is -0.406 e. The molecule has 0 aliphatic rings. The fourth-order valence-electron chi connectivity index (χ4n) is 2.18. The number of sulfone groups is 1. The van der Waals surface area contributed by atoms with E-state index in [9.17, 15) is 30.0 Å². The van der Waals surface area contributed by atoms with Gasteiger partial charge >= 0.3 is 6.36 Å². The van der Waals surface area contributed by atoms with E-state index in [1.54, 1.807) is 0 Å². The molecule has 0 amide bonds. The minimum absolute atomic E-state index is 0.00986. The fraction of sp³-hybridized carbons (Fsp3) is 0.250. The summed E-state index contributed by atoms with van der Waals surface area (Å²) in [7, 11) is -6.06. The molecule has 148 valence electrons. The van der Waals surface area contributed by atoms with Crippen molar-refractivity contribution in [2.75, 3.05) is 13.3 Å². The van der Waals surface area contributed by atoms with Gasteiger partial charge in [-0.25, -0.2) is 16.8 Å². The number of hydrogen-bond acceptors (Lipinski definition) is 5. The Kier molecular flexibility index (Phi) is 5.88. The highest BCUT2D eigenvalue weighted by atomic mass is 32.2. The van der Waals surface area contributed by atoms with Gasteiger partial charge in [-0.2, -0.15) is 4.31 Å². The van der Waals surface area contributed by atoms with Crippen LogP contribution in [-0.2, 0) is 26.4 Å². The third-order valence-corrected chi connectivity index (χ3v) is 6.47. The second-order valence-corrected chi connectivity index (χ2v) is 9.76. The molecular weight excluding hydrogens is 407 g/mol. The number of halogens is 3. The third kappa shape index (κ3) is 5.68. The van der Waals surface area contributed by atoms with Crippen molar-refractivity contribution in [3.63, 3.8) is 0 Å². The standard InChI is InChI=1S/C16H16F3NO5S2/c1-20(11-12-3-5-13(6-4-12)25-16(17,18)19)27(23,24)15-9-7-14(8-10-15)26(2,21)22/h3-10H,11H2,1-2H3. The van der Waals surface area contributed by atoms with Crippen molar-refractivity contribution in [2.24, 2.45) is 0 Å². The number of alkyl halides is 3. The molecule has 0 N–H and O–H groups in total. The number of ether oxygens (including phenoxy) is 1. The number of benzene rings is 2. The van der Waals surface area contributed by atoms with Gasteiger partial charge in [0.2, 0.25) is 10.0 Å². The van der Waals surface area contributed by atoms with Crippen molar-refractivity contribution in [1.82, 2.24) is 4.31 Å². The van der Waals surface area contributed by atoms with Crippen LogP contribution in [0.3, 0.4) is 0 Å². The van der Waals surface area contributed by atoms with Gasteiger partial charge < -0.3 is 4.74 Å². The highest BCUT2D eigenvalue weighted by Crippen LogP contribution is 2.24. The van der Waals surface area contributed by atoms with Gasteiger partial charge in [0.15, 0.2) is 9.84 Å². The zero-order chi connectivity index (χ0) is 20.5. The van der Waals surface area contributed by atoms with Crippen molar-refractivity contribution < 1.29 is 34.7 Å². The van der Waals surface area contributed by atoms with Gasteiger partial charge in [0.05, 0.1) is 9.79 Å². The number of rotatable bonds is 6. The summed E-state index contributed by atoms with van der Waals surface area (Å²) in [5.74, 6) is -0.409. The summed E-state index contributed by atoms with van der Waals surface area (Å²) in [5, 5.41) is 0. The van der Waals surface area contributed by atoms with Crippen LogP contribution >= 0.6 is 0 Å². The van der Waals surface area contributed by atoms with Crippen molar-refractivity contribution in [1.29, 1.82) is 0 Å². The number of hydrogen-bond donors (Lipinski definition) is 0. The third-order valence-electron chi connectivity index (χ3n) is 3.52. The quantitative estimate of drug-likeness (QED) is 0.714. The number of nitrogens with zero attached hydrogens (tertiary/aromatic N) is 1. The van der Waals surface area contributed by atoms with Crippen LogP contribution in [0.5, 0.6) is 5.75 Å².